The summed E-state index contributed by atoms with van der Waals surface area (Å²) in [7, 11) is 0. The Kier molecular flexibility index (Phi) is 7.34. The van der Waals surface area contributed by atoms with E-state index >= 15 is 0 Å². The number of benzene rings is 2. The van der Waals surface area contributed by atoms with Crippen molar-refractivity contribution >= 4 is 5.91 Å². The van der Waals surface area contributed by atoms with E-state index in [9.17, 15) is 4.79 Å². The normalized spacial score (nSPS) is 10.8. The molecule has 0 bridgehead atoms. The number of nitrogens with one attached hydrogen (secondary N) is 1. The summed E-state index contributed by atoms with van der Waals surface area (Å²) in [5, 5.41) is 3.09. The van der Waals surface area contributed by atoms with Crippen molar-refractivity contribution < 1.29 is 4.79 Å². The van der Waals surface area contributed by atoms with Gasteiger partial charge in [-0.2, -0.15) is 0 Å². The zero-order valence-electron chi connectivity index (χ0n) is 18.5. The van der Waals surface area contributed by atoms with Crippen LogP contribution < -0.4 is 5.32 Å². The van der Waals surface area contributed by atoms with Gasteiger partial charge in [-0.3, -0.25) is 4.79 Å². The van der Waals surface area contributed by atoms with Crippen LogP contribution in [-0.4, -0.2) is 22.4 Å². The van der Waals surface area contributed by atoms with E-state index in [1.165, 1.54) is 5.56 Å². The van der Waals surface area contributed by atoms with E-state index < -0.39 is 0 Å². The standard InChI is InChI=1S/C26H31N3O/c1-5-11-22-28-20(4)24(25(29-22)23-18(2)12-9-13-19(23)3)26(30)27-17-10-16-21-14-7-6-8-15-21/h6-9,12-15H,5,10-11,16-17H2,1-4H3,(H,27,30). The molecular weight excluding hydrogens is 370 g/mol. The average Bonchev–Trinajstić information content (AvgIpc) is 2.72. The molecule has 2 aromatic carbocycles. The third kappa shape index (κ3) is 5.12. The van der Waals surface area contributed by atoms with E-state index in [0.717, 1.165) is 59.6 Å². The zero-order chi connectivity index (χ0) is 21.5. The van der Waals surface area contributed by atoms with Crippen molar-refractivity contribution in [2.45, 2.75) is 53.4 Å². The molecule has 0 saturated carbocycles. The Labute approximate surface area is 179 Å². The number of rotatable bonds is 8. The molecule has 156 valence electrons. The lowest BCUT2D eigenvalue weighted by atomic mass is 9.95. The molecule has 0 fully saturated rings. The fraction of sp³-hybridized carbons (Fsp3) is 0.346. The minimum Gasteiger partial charge on any atom is -0.352 e. The first kappa shape index (κ1) is 21.7. The van der Waals surface area contributed by atoms with Crippen LogP contribution >= 0.6 is 0 Å². The number of aryl methyl sites for hydroxylation is 5. The highest BCUT2D eigenvalue weighted by Crippen LogP contribution is 2.30. The average molecular weight is 402 g/mol. The molecule has 1 aromatic heterocycles. The summed E-state index contributed by atoms with van der Waals surface area (Å²) in [4.78, 5) is 22.6. The van der Waals surface area contributed by atoms with Gasteiger partial charge >= 0.3 is 0 Å². The molecule has 0 unspecified atom stereocenters. The van der Waals surface area contributed by atoms with Crippen molar-refractivity contribution in [2.24, 2.45) is 0 Å². The van der Waals surface area contributed by atoms with Crippen molar-refractivity contribution in [1.82, 2.24) is 15.3 Å². The summed E-state index contributed by atoms with van der Waals surface area (Å²) in [6.07, 6.45) is 3.60. The Morgan fingerprint density at radius 3 is 2.27 bits per heavy atom. The molecule has 4 heteroatoms. The minimum atomic E-state index is -0.0961. The van der Waals surface area contributed by atoms with Gasteiger partial charge in [0.25, 0.3) is 5.91 Å². The van der Waals surface area contributed by atoms with Gasteiger partial charge in [0.05, 0.1) is 17.0 Å². The Balaban J connectivity index is 1.86. The van der Waals surface area contributed by atoms with Gasteiger partial charge in [-0.25, -0.2) is 9.97 Å². The Hall–Kier alpha value is -3.01. The maximum atomic E-state index is 13.2. The van der Waals surface area contributed by atoms with Crippen LogP contribution in [0.3, 0.4) is 0 Å². The molecule has 3 aromatic rings. The monoisotopic (exact) mass is 401 g/mol. The number of carbonyl (C=O) groups is 1. The van der Waals surface area contributed by atoms with Crippen molar-refractivity contribution in [3.05, 3.63) is 82.3 Å². The number of aromatic nitrogens is 2. The number of nitrogens with zero attached hydrogens (tertiary/aromatic N) is 2. The highest BCUT2D eigenvalue weighted by molar-refractivity contribution is 6.01. The molecular formula is C26H31N3O. The largest absolute Gasteiger partial charge is 0.352 e. The van der Waals surface area contributed by atoms with Gasteiger partial charge in [-0.05, 0) is 56.7 Å². The van der Waals surface area contributed by atoms with Crippen molar-refractivity contribution in [3.8, 4) is 11.3 Å². The lowest BCUT2D eigenvalue weighted by molar-refractivity contribution is 0.0952. The minimum absolute atomic E-state index is 0.0961. The van der Waals surface area contributed by atoms with Crippen LogP contribution in [0, 0.1) is 20.8 Å². The summed E-state index contributed by atoms with van der Waals surface area (Å²) in [5.41, 5.74) is 6.64. The van der Waals surface area contributed by atoms with Crippen LogP contribution in [0.25, 0.3) is 11.3 Å². The highest BCUT2D eigenvalue weighted by atomic mass is 16.1. The van der Waals surface area contributed by atoms with Gasteiger partial charge < -0.3 is 5.32 Å². The maximum Gasteiger partial charge on any atom is 0.255 e. The van der Waals surface area contributed by atoms with Crippen LogP contribution in [0.5, 0.6) is 0 Å². The molecule has 0 radical (unpaired) electrons. The summed E-state index contributed by atoms with van der Waals surface area (Å²) in [6.45, 7) is 8.79. The van der Waals surface area contributed by atoms with Crippen molar-refractivity contribution in [2.75, 3.05) is 6.54 Å². The second kappa shape index (κ2) is 10.1. The number of hydrogen-bond acceptors (Lipinski definition) is 3. The molecule has 0 saturated heterocycles. The topological polar surface area (TPSA) is 54.9 Å². The van der Waals surface area contributed by atoms with Gasteiger partial charge in [-0.1, -0.05) is 55.5 Å². The number of carbonyl (C=O) groups excluding carboxylic acids is 1. The maximum absolute atomic E-state index is 13.2. The summed E-state index contributed by atoms with van der Waals surface area (Å²) in [6, 6.07) is 16.5. The third-order valence-corrected chi connectivity index (χ3v) is 5.33. The van der Waals surface area contributed by atoms with E-state index in [2.05, 4.69) is 55.3 Å². The van der Waals surface area contributed by atoms with Gasteiger partial charge in [-0.15, -0.1) is 0 Å². The molecule has 1 heterocycles. The summed E-state index contributed by atoms with van der Waals surface area (Å²) < 4.78 is 0. The molecule has 0 aliphatic rings. The fourth-order valence-corrected chi connectivity index (χ4v) is 3.83. The van der Waals surface area contributed by atoms with Crippen LogP contribution in [0.1, 0.15) is 58.3 Å². The molecule has 0 atom stereocenters. The van der Waals surface area contributed by atoms with Gasteiger partial charge in [0, 0.05) is 18.5 Å². The van der Waals surface area contributed by atoms with E-state index in [1.54, 1.807) is 0 Å². The molecule has 3 rings (SSSR count). The number of amides is 1. The first-order valence-corrected chi connectivity index (χ1v) is 10.8. The van der Waals surface area contributed by atoms with E-state index in [0.29, 0.717) is 12.1 Å². The molecule has 1 N–H and O–H groups in total. The summed E-state index contributed by atoms with van der Waals surface area (Å²) in [5.74, 6) is 0.703. The molecule has 30 heavy (non-hydrogen) atoms. The Morgan fingerprint density at radius 2 is 1.60 bits per heavy atom. The van der Waals surface area contributed by atoms with E-state index in [-0.39, 0.29) is 5.91 Å². The van der Waals surface area contributed by atoms with Gasteiger partial charge in [0.2, 0.25) is 0 Å². The SMILES string of the molecule is CCCc1nc(C)c(C(=O)NCCCc2ccccc2)c(-c2c(C)cccc2C)n1. The first-order chi connectivity index (χ1) is 14.5. The quantitative estimate of drug-likeness (QED) is 0.515. The second-order valence-electron chi connectivity index (χ2n) is 7.81. The third-order valence-electron chi connectivity index (χ3n) is 5.33. The van der Waals surface area contributed by atoms with Crippen molar-refractivity contribution in [3.63, 3.8) is 0 Å². The van der Waals surface area contributed by atoms with Crippen LogP contribution in [0.15, 0.2) is 48.5 Å². The lowest BCUT2D eigenvalue weighted by Crippen LogP contribution is -2.27. The fourth-order valence-electron chi connectivity index (χ4n) is 3.83. The predicted molar refractivity (Wildman–Crippen MR) is 123 cm³/mol. The van der Waals surface area contributed by atoms with Crippen molar-refractivity contribution in [1.29, 1.82) is 0 Å². The van der Waals surface area contributed by atoms with Gasteiger partial charge in [0.1, 0.15) is 5.82 Å². The van der Waals surface area contributed by atoms with Crippen LogP contribution in [0.4, 0.5) is 0 Å². The number of hydrogen-bond donors (Lipinski definition) is 1. The molecule has 0 aliphatic heterocycles. The summed E-state index contributed by atoms with van der Waals surface area (Å²) >= 11 is 0. The van der Waals surface area contributed by atoms with E-state index in [1.807, 2.05) is 31.2 Å². The van der Waals surface area contributed by atoms with Crippen LogP contribution in [-0.2, 0) is 12.8 Å². The highest BCUT2D eigenvalue weighted by Gasteiger charge is 2.21. The van der Waals surface area contributed by atoms with Crippen LogP contribution in [0.2, 0.25) is 0 Å². The molecule has 1 amide bonds. The Morgan fingerprint density at radius 1 is 0.900 bits per heavy atom. The van der Waals surface area contributed by atoms with Gasteiger partial charge in [0.15, 0.2) is 0 Å². The zero-order valence-corrected chi connectivity index (χ0v) is 18.5. The Bertz CT molecular complexity index is 992. The van der Waals surface area contributed by atoms with E-state index in [4.69, 9.17) is 4.98 Å². The lowest BCUT2D eigenvalue weighted by Gasteiger charge is -2.17. The second-order valence-corrected chi connectivity index (χ2v) is 7.81. The predicted octanol–water partition coefficient (Wildman–Crippen LogP) is 5.38. The molecule has 0 spiro atoms. The first-order valence-electron chi connectivity index (χ1n) is 10.8. The smallest absolute Gasteiger partial charge is 0.255 e. The molecule has 4 nitrogen and oxygen atoms in total. The molecule has 0 aliphatic carbocycles.